The molecule has 0 saturated carbocycles. The van der Waals surface area contributed by atoms with Gasteiger partial charge in [0, 0.05) is 43.3 Å². The number of ether oxygens (including phenoxy) is 1. The quantitative estimate of drug-likeness (QED) is 0.181. The van der Waals surface area contributed by atoms with Gasteiger partial charge < -0.3 is 13.7 Å². The molecule has 0 bridgehead atoms. The first-order valence-electron chi connectivity index (χ1n) is 15.9. The summed E-state index contributed by atoms with van der Waals surface area (Å²) in [7, 11) is 1.05. The third kappa shape index (κ3) is 5.13. The number of benzene rings is 3. The van der Waals surface area contributed by atoms with E-state index in [1.165, 1.54) is 21.6 Å². The first kappa shape index (κ1) is 30.1. The van der Waals surface area contributed by atoms with Gasteiger partial charge in [-0.2, -0.15) is 5.10 Å². The molecule has 0 unspecified atom stereocenters. The molecule has 0 radical (unpaired) electrons. The van der Waals surface area contributed by atoms with Gasteiger partial charge in [0.1, 0.15) is 23.3 Å². The molecule has 7 rings (SSSR count). The summed E-state index contributed by atoms with van der Waals surface area (Å²) >= 11 is 0. The van der Waals surface area contributed by atoms with E-state index in [2.05, 4.69) is 103 Å². The molecular formula is C37H40N6O2Si. The average molecular weight is 629 g/mol. The Balaban J connectivity index is 1.19. The average Bonchev–Trinajstić information content (AvgIpc) is 3.77. The molecular weight excluding hydrogens is 589 g/mol. The Morgan fingerprint density at radius 1 is 0.848 bits per heavy atom. The van der Waals surface area contributed by atoms with E-state index in [1.54, 1.807) is 13.4 Å². The molecule has 6 aromatic rings. The lowest BCUT2D eigenvalue weighted by atomic mass is 10.0. The first-order chi connectivity index (χ1) is 22.3. The fourth-order valence-electron chi connectivity index (χ4n) is 7.38. The number of fused-ring (bicyclic) bond motifs is 2. The summed E-state index contributed by atoms with van der Waals surface area (Å²) in [5.74, 6) is 1.28. The van der Waals surface area contributed by atoms with E-state index in [-0.39, 0.29) is 16.9 Å². The van der Waals surface area contributed by atoms with Gasteiger partial charge in [-0.3, -0.25) is 4.68 Å². The van der Waals surface area contributed by atoms with Crippen molar-refractivity contribution in [2.75, 3.05) is 13.7 Å². The van der Waals surface area contributed by atoms with E-state index in [9.17, 15) is 0 Å². The minimum absolute atomic E-state index is 0.0833. The molecule has 3 heterocycles. The molecule has 3 aromatic carbocycles. The molecule has 9 heteroatoms. The minimum Gasteiger partial charge on any atom is -0.497 e. The van der Waals surface area contributed by atoms with Crippen molar-refractivity contribution < 1.29 is 9.16 Å². The molecule has 234 valence electrons. The Hall–Kier alpha value is -4.60. The Morgan fingerprint density at radius 2 is 1.52 bits per heavy atom. The number of nitrogens with zero attached hydrogens (tertiary/aromatic N) is 6. The number of hydrogen-bond acceptors (Lipinski definition) is 6. The highest BCUT2D eigenvalue weighted by molar-refractivity contribution is 6.99. The van der Waals surface area contributed by atoms with Crippen molar-refractivity contribution in [3.63, 3.8) is 0 Å². The Bertz CT molecular complexity index is 1910. The summed E-state index contributed by atoms with van der Waals surface area (Å²) in [6, 6.07) is 29.6. The van der Waals surface area contributed by atoms with E-state index in [4.69, 9.17) is 19.2 Å². The maximum absolute atomic E-state index is 7.42. The lowest BCUT2D eigenvalue weighted by Crippen LogP contribution is -2.66. The second-order valence-corrected chi connectivity index (χ2v) is 17.5. The van der Waals surface area contributed by atoms with E-state index in [0.29, 0.717) is 6.61 Å². The lowest BCUT2D eigenvalue weighted by molar-refractivity contribution is 0.261. The number of aryl methyl sites for hydroxylation is 1. The van der Waals surface area contributed by atoms with Crippen LogP contribution in [0.3, 0.4) is 0 Å². The van der Waals surface area contributed by atoms with Crippen molar-refractivity contribution in [2.24, 2.45) is 7.05 Å². The fraction of sp³-hybridized carbons (Fsp3) is 0.297. The molecule has 1 aliphatic carbocycles. The molecule has 0 fully saturated rings. The predicted octanol–water partition coefficient (Wildman–Crippen LogP) is 6.08. The Kier molecular flexibility index (Phi) is 7.82. The molecule has 8 nitrogen and oxygen atoms in total. The normalized spacial score (nSPS) is 16.5. The zero-order valence-corrected chi connectivity index (χ0v) is 28.1. The van der Waals surface area contributed by atoms with Gasteiger partial charge in [0.15, 0.2) is 5.65 Å². The van der Waals surface area contributed by atoms with Gasteiger partial charge in [0.05, 0.1) is 19.6 Å². The predicted molar refractivity (Wildman–Crippen MR) is 184 cm³/mol. The van der Waals surface area contributed by atoms with Crippen LogP contribution >= 0.6 is 0 Å². The molecule has 0 amide bonds. The molecule has 0 aliphatic heterocycles. The summed E-state index contributed by atoms with van der Waals surface area (Å²) in [6.45, 7) is 8.38. The Morgan fingerprint density at radius 3 is 2.15 bits per heavy atom. The van der Waals surface area contributed by atoms with Crippen LogP contribution in [0, 0.1) is 0 Å². The van der Waals surface area contributed by atoms with Crippen LogP contribution in [0.15, 0.2) is 104 Å². The van der Waals surface area contributed by atoms with E-state index >= 15 is 0 Å². The van der Waals surface area contributed by atoms with Crippen molar-refractivity contribution in [2.45, 2.75) is 50.6 Å². The molecule has 0 N–H and O–H groups in total. The highest BCUT2D eigenvalue weighted by atomic mass is 28.4. The molecule has 2 atom stereocenters. The maximum atomic E-state index is 7.42. The highest BCUT2D eigenvalue weighted by Gasteiger charge is 2.51. The van der Waals surface area contributed by atoms with Gasteiger partial charge in [-0.15, -0.1) is 0 Å². The van der Waals surface area contributed by atoms with Crippen LogP contribution in [-0.2, 0) is 18.0 Å². The van der Waals surface area contributed by atoms with Crippen LogP contribution in [0.2, 0.25) is 5.04 Å². The van der Waals surface area contributed by atoms with Crippen LogP contribution in [0.1, 0.15) is 50.3 Å². The molecule has 0 spiro atoms. The Labute approximate surface area is 271 Å². The standard InChI is InChI=1S/C37H40N6O2Si/c1-37(2,3)46(30-12-8-6-9-13-30,31-14-10-7-11-15-31)45-23-28-20-27(32-21-41-42(4)35(28)32)22-43-25-40-34-33(38-24-39-36(34)43)26-16-18-29(44-5)19-17-26/h6-19,21,24-25,27-28H,20,22-23H2,1-5H3/t27-,28+/m0/s1. The fourth-order valence-corrected chi connectivity index (χ4v) is 12.0. The maximum Gasteiger partial charge on any atom is 0.261 e. The van der Waals surface area contributed by atoms with Crippen molar-refractivity contribution in [3.05, 3.63) is 115 Å². The largest absolute Gasteiger partial charge is 0.497 e. The van der Waals surface area contributed by atoms with Crippen LogP contribution in [0.4, 0.5) is 0 Å². The second-order valence-electron chi connectivity index (χ2n) is 13.2. The number of hydrogen-bond donors (Lipinski definition) is 0. The summed E-state index contributed by atoms with van der Waals surface area (Å²) in [4.78, 5) is 14.1. The third-order valence-corrected chi connectivity index (χ3v) is 14.5. The van der Waals surface area contributed by atoms with Gasteiger partial charge in [0.2, 0.25) is 0 Å². The van der Waals surface area contributed by atoms with E-state index < -0.39 is 8.32 Å². The lowest BCUT2D eigenvalue weighted by Gasteiger charge is -2.43. The summed E-state index contributed by atoms with van der Waals surface area (Å²) in [5, 5.41) is 7.23. The number of aromatic nitrogens is 6. The van der Waals surface area contributed by atoms with Crippen molar-refractivity contribution in [3.8, 4) is 17.0 Å². The second kappa shape index (κ2) is 12.0. The minimum atomic E-state index is -2.67. The summed E-state index contributed by atoms with van der Waals surface area (Å²) in [6.07, 6.45) is 6.54. The van der Waals surface area contributed by atoms with Gasteiger partial charge in [-0.25, -0.2) is 15.0 Å². The van der Waals surface area contributed by atoms with Crippen molar-refractivity contribution in [1.82, 2.24) is 29.3 Å². The smallest absolute Gasteiger partial charge is 0.261 e. The van der Waals surface area contributed by atoms with Crippen LogP contribution in [-0.4, -0.2) is 51.3 Å². The zero-order valence-electron chi connectivity index (χ0n) is 27.1. The zero-order chi connectivity index (χ0) is 31.9. The summed E-state index contributed by atoms with van der Waals surface area (Å²) in [5.41, 5.74) is 5.97. The molecule has 1 aliphatic rings. The number of rotatable bonds is 9. The SMILES string of the molecule is COc1ccc(-c2ncnc3c2ncn3C[C@@H]2C[C@H](CO[Si](c3ccccc3)(c3ccccc3)C(C)(C)C)c3c2cnn3C)cc1. The van der Waals surface area contributed by atoms with Gasteiger partial charge in [0.25, 0.3) is 8.32 Å². The van der Waals surface area contributed by atoms with Crippen LogP contribution in [0.25, 0.3) is 22.4 Å². The van der Waals surface area contributed by atoms with Gasteiger partial charge in [-0.1, -0.05) is 81.4 Å². The van der Waals surface area contributed by atoms with Crippen molar-refractivity contribution >= 4 is 29.9 Å². The van der Waals surface area contributed by atoms with E-state index in [1.807, 2.05) is 41.5 Å². The van der Waals surface area contributed by atoms with Crippen LogP contribution in [0.5, 0.6) is 5.75 Å². The van der Waals surface area contributed by atoms with Crippen LogP contribution < -0.4 is 15.1 Å². The highest BCUT2D eigenvalue weighted by Crippen LogP contribution is 2.45. The molecule has 46 heavy (non-hydrogen) atoms. The van der Waals surface area contributed by atoms with Gasteiger partial charge in [-0.05, 0) is 51.7 Å². The van der Waals surface area contributed by atoms with Gasteiger partial charge >= 0.3 is 0 Å². The monoisotopic (exact) mass is 628 g/mol. The third-order valence-electron chi connectivity index (χ3n) is 9.51. The topological polar surface area (TPSA) is 79.9 Å². The number of methoxy groups -OCH3 is 1. The summed E-state index contributed by atoms with van der Waals surface area (Å²) < 4.78 is 17.0. The molecule has 0 saturated heterocycles. The number of imidazole rings is 1. The first-order valence-corrected chi connectivity index (χ1v) is 17.8. The van der Waals surface area contributed by atoms with E-state index in [0.717, 1.165) is 41.1 Å². The molecule has 3 aromatic heterocycles. The van der Waals surface area contributed by atoms with Crippen molar-refractivity contribution in [1.29, 1.82) is 0 Å².